The molecule has 1 aliphatic rings. The van der Waals surface area contributed by atoms with Crippen molar-refractivity contribution in [2.45, 2.75) is 17.7 Å². The Labute approximate surface area is 209 Å². The summed E-state index contributed by atoms with van der Waals surface area (Å²) >= 11 is 0. The summed E-state index contributed by atoms with van der Waals surface area (Å²) < 4.78 is 33.4. The van der Waals surface area contributed by atoms with Crippen LogP contribution in [0.25, 0.3) is 0 Å². The van der Waals surface area contributed by atoms with E-state index in [0.717, 1.165) is 18.4 Å². The van der Waals surface area contributed by atoms with Gasteiger partial charge in [-0.2, -0.15) is 0 Å². The molecule has 0 atom stereocenters. The molecule has 7 heteroatoms. The Morgan fingerprint density at radius 2 is 1.31 bits per heavy atom. The molecule has 0 amide bonds. The number of hydrogen-bond acceptors (Lipinski definition) is 5. The Kier molecular flexibility index (Phi) is 6.40. The number of benzene rings is 4. The van der Waals surface area contributed by atoms with E-state index in [9.17, 15) is 18.0 Å². The Balaban J connectivity index is 1.29. The minimum absolute atomic E-state index is 0.111. The molecular formula is C29H23NO5S. The maximum absolute atomic E-state index is 13.3. The molecule has 180 valence electrons. The highest BCUT2D eigenvalue weighted by Crippen LogP contribution is 2.32. The molecule has 0 fully saturated rings. The highest BCUT2D eigenvalue weighted by atomic mass is 32.2. The normalized spacial score (nSPS) is 13.1. The Hall–Kier alpha value is -4.23. The monoisotopic (exact) mass is 497 g/mol. The van der Waals surface area contributed by atoms with Gasteiger partial charge in [-0.1, -0.05) is 48.5 Å². The van der Waals surface area contributed by atoms with Gasteiger partial charge in [0.25, 0.3) is 10.0 Å². The quantitative estimate of drug-likeness (QED) is 0.206. The van der Waals surface area contributed by atoms with Crippen LogP contribution in [0.1, 0.15) is 38.3 Å². The van der Waals surface area contributed by atoms with Gasteiger partial charge in [-0.25, -0.2) is 13.2 Å². The topological polar surface area (TPSA) is 80.8 Å². The largest absolute Gasteiger partial charge is 0.423 e. The minimum Gasteiger partial charge on any atom is -0.423 e. The smallest absolute Gasteiger partial charge is 0.343 e. The number of ether oxygens (including phenoxy) is 1. The highest BCUT2D eigenvalue weighted by Gasteiger charge is 2.29. The van der Waals surface area contributed by atoms with Crippen LogP contribution in [-0.2, 0) is 16.4 Å². The lowest BCUT2D eigenvalue weighted by Crippen LogP contribution is -2.35. The first kappa shape index (κ1) is 23.5. The number of carbonyl (C=O) groups excluding carboxylic acids is 2. The lowest BCUT2D eigenvalue weighted by atomic mass is 10.0. The van der Waals surface area contributed by atoms with Crippen molar-refractivity contribution in [3.05, 3.63) is 125 Å². The molecule has 0 aromatic heterocycles. The average molecular weight is 498 g/mol. The predicted molar refractivity (Wildman–Crippen MR) is 137 cm³/mol. The van der Waals surface area contributed by atoms with E-state index in [-0.39, 0.29) is 22.0 Å². The van der Waals surface area contributed by atoms with Gasteiger partial charge < -0.3 is 4.74 Å². The Morgan fingerprint density at radius 1 is 0.694 bits per heavy atom. The van der Waals surface area contributed by atoms with Gasteiger partial charge in [0.15, 0.2) is 5.78 Å². The zero-order valence-corrected chi connectivity index (χ0v) is 20.1. The van der Waals surface area contributed by atoms with Crippen molar-refractivity contribution in [2.75, 3.05) is 10.8 Å². The van der Waals surface area contributed by atoms with Gasteiger partial charge in [0.2, 0.25) is 0 Å². The average Bonchev–Trinajstić information content (AvgIpc) is 2.93. The number of aryl methyl sites for hydroxylation is 1. The highest BCUT2D eigenvalue weighted by molar-refractivity contribution is 7.92. The predicted octanol–water partition coefficient (Wildman–Crippen LogP) is 5.28. The molecule has 0 spiro atoms. The number of nitrogens with zero attached hydrogens (tertiary/aromatic N) is 1. The van der Waals surface area contributed by atoms with Gasteiger partial charge in [-0.05, 0) is 73.0 Å². The van der Waals surface area contributed by atoms with Crippen LogP contribution in [0.5, 0.6) is 5.75 Å². The first-order valence-electron chi connectivity index (χ1n) is 11.6. The summed E-state index contributed by atoms with van der Waals surface area (Å²) in [5, 5.41) is 0. The molecule has 0 radical (unpaired) electrons. The molecule has 5 rings (SSSR count). The Bertz CT molecular complexity index is 1510. The lowest BCUT2D eigenvalue weighted by Gasteiger charge is -2.30. The summed E-state index contributed by atoms with van der Waals surface area (Å²) in [4.78, 5) is 25.3. The fraction of sp³-hybridized carbons (Fsp3) is 0.103. The van der Waals surface area contributed by atoms with Crippen molar-refractivity contribution >= 4 is 27.5 Å². The zero-order chi connectivity index (χ0) is 25.1. The fourth-order valence-electron chi connectivity index (χ4n) is 4.24. The number of sulfonamides is 1. The molecular weight excluding hydrogens is 474 g/mol. The number of anilines is 1. The molecule has 4 aromatic rings. The fourth-order valence-corrected chi connectivity index (χ4v) is 5.78. The molecule has 0 unspecified atom stereocenters. The third-order valence-corrected chi connectivity index (χ3v) is 7.94. The van der Waals surface area contributed by atoms with E-state index in [1.807, 2.05) is 30.3 Å². The number of para-hydroxylation sites is 1. The van der Waals surface area contributed by atoms with Crippen LogP contribution >= 0.6 is 0 Å². The van der Waals surface area contributed by atoms with Crippen molar-refractivity contribution in [2.24, 2.45) is 0 Å². The standard InChI is InChI=1S/C29H23NO5S/c31-28(22-8-2-1-3-9-22)23-12-16-25(17-13-23)35-29(32)24-14-18-26(19-15-24)36(33,34)30-20-6-10-21-7-4-5-11-27(21)30/h1-5,7-9,11-19H,6,10,20H2. The third-order valence-electron chi connectivity index (χ3n) is 6.11. The van der Waals surface area contributed by atoms with Crippen molar-refractivity contribution in [3.8, 4) is 5.75 Å². The van der Waals surface area contributed by atoms with Gasteiger partial charge in [-0.15, -0.1) is 0 Å². The number of esters is 1. The van der Waals surface area contributed by atoms with Crippen molar-refractivity contribution < 1.29 is 22.7 Å². The molecule has 0 saturated carbocycles. The summed E-state index contributed by atoms with van der Waals surface area (Å²) in [5.41, 5.74) is 2.98. The van der Waals surface area contributed by atoms with Crippen LogP contribution in [0.2, 0.25) is 0 Å². The van der Waals surface area contributed by atoms with Crippen molar-refractivity contribution in [1.82, 2.24) is 0 Å². The summed E-state index contributed by atoms with van der Waals surface area (Å²) in [5.74, 6) is -0.461. The summed E-state index contributed by atoms with van der Waals surface area (Å²) in [6, 6.07) is 28.5. The first-order chi connectivity index (χ1) is 17.4. The van der Waals surface area contributed by atoms with E-state index in [0.29, 0.717) is 23.4 Å². The number of fused-ring (bicyclic) bond motifs is 1. The second-order valence-corrected chi connectivity index (χ2v) is 10.3. The van der Waals surface area contributed by atoms with Gasteiger partial charge in [0.1, 0.15) is 5.75 Å². The van der Waals surface area contributed by atoms with Crippen LogP contribution < -0.4 is 9.04 Å². The number of carbonyl (C=O) groups is 2. The van der Waals surface area contributed by atoms with Gasteiger partial charge in [0.05, 0.1) is 16.1 Å². The third kappa shape index (κ3) is 4.65. The molecule has 1 aliphatic heterocycles. The Morgan fingerprint density at radius 3 is 2.03 bits per heavy atom. The summed E-state index contributed by atoms with van der Waals surface area (Å²) in [6.07, 6.45) is 1.59. The maximum atomic E-state index is 13.3. The van der Waals surface area contributed by atoms with E-state index >= 15 is 0 Å². The van der Waals surface area contributed by atoms with E-state index in [4.69, 9.17) is 4.74 Å². The van der Waals surface area contributed by atoms with Crippen LogP contribution in [0.15, 0.2) is 108 Å². The molecule has 36 heavy (non-hydrogen) atoms. The molecule has 0 aliphatic carbocycles. The maximum Gasteiger partial charge on any atom is 0.343 e. The van der Waals surface area contributed by atoms with Crippen molar-refractivity contribution in [1.29, 1.82) is 0 Å². The molecule has 4 aromatic carbocycles. The van der Waals surface area contributed by atoms with Crippen molar-refractivity contribution in [3.63, 3.8) is 0 Å². The second-order valence-electron chi connectivity index (χ2n) is 8.44. The molecule has 0 N–H and O–H groups in total. The van der Waals surface area contributed by atoms with E-state index in [1.54, 1.807) is 48.5 Å². The summed E-state index contributed by atoms with van der Waals surface area (Å²) in [7, 11) is -3.76. The molecule has 6 nitrogen and oxygen atoms in total. The van der Waals surface area contributed by atoms with E-state index in [2.05, 4.69) is 0 Å². The van der Waals surface area contributed by atoms with Crippen LogP contribution in [0, 0.1) is 0 Å². The number of ketones is 1. The van der Waals surface area contributed by atoms with Gasteiger partial charge >= 0.3 is 5.97 Å². The van der Waals surface area contributed by atoms with Gasteiger partial charge in [-0.3, -0.25) is 9.10 Å². The summed E-state index contributed by atoms with van der Waals surface area (Å²) in [6.45, 7) is 0.409. The second kappa shape index (κ2) is 9.79. The van der Waals surface area contributed by atoms with E-state index < -0.39 is 16.0 Å². The SMILES string of the molecule is O=C(Oc1ccc(C(=O)c2ccccc2)cc1)c1ccc(S(=O)(=O)N2CCCc3ccccc32)cc1. The van der Waals surface area contributed by atoms with Crippen LogP contribution in [-0.4, -0.2) is 26.7 Å². The zero-order valence-electron chi connectivity index (χ0n) is 19.3. The van der Waals surface area contributed by atoms with E-state index in [1.165, 1.54) is 28.6 Å². The molecule has 0 saturated heterocycles. The van der Waals surface area contributed by atoms with Crippen LogP contribution in [0.3, 0.4) is 0 Å². The number of rotatable bonds is 6. The number of hydrogen-bond donors (Lipinski definition) is 0. The minimum atomic E-state index is -3.76. The van der Waals surface area contributed by atoms with Gasteiger partial charge in [0, 0.05) is 17.7 Å². The lowest BCUT2D eigenvalue weighted by molar-refractivity contribution is 0.0734. The van der Waals surface area contributed by atoms with Crippen LogP contribution in [0.4, 0.5) is 5.69 Å². The molecule has 1 heterocycles. The molecule has 0 bridgehead atoms. The first-order valence-corrected chi connectivity index (χ1v) is 13.0.